The van der Waals surface area contributed by atoms with E-state index in [1.807, 2.05) is 48.1 Å². The maximum atomic E-state index is 12.8. The van der Waals surface area contributed by atoms with E-state index in [-0.39, 0.29) is 18.9 Å². The molecule has 0 radical (unpaired) electrons. The van der Waals surface area contributed by atoms with Crippen molar-refractivity contribution < 1.29 is 13.9 Å². The van der Waals surface area contributed by atoms with Crippen LogP contribution in [0.3, 0.4) is 0 Å². The lowest BCUT2D eigenvalue weighted by Crippen LogP contribution is -2.32. The Morgan fingerprint density at radius 1 is 1.20 bits per heavy atom. The highest BCUT2D eigenvalue weighted by atomic mass is 16.5. The van der Waals surface area contributed by atoms with Crippen LogP contribution in [0.1, 0.15) is 23.9 Å². The normalized spacial score (nSPS) is 12.1. The number of aryl methyl sites for hydroxylation is 2. The number of oxazole rings is 1. The summed E-state index contributed by atoms with van der Waals surface area (Å²) >= 11 is 0. The zero-order valence-electron chi connectivity index (χ0n) is 16.7. The van der Waals surface area contributed by atoms with E-state index in [1.165, 1.54) is 4.57 Å². The third-order valence-electron chi connectivity index (χ3n) is 5.01. The van der Waals surface area contributed by atoms with Gasteiger partial charge in [0, 0.05) is 32.4 Å². The molecule has 1 unspecified atom stereocenters. The molecule has 154 valence electrons. The number of carbonyl (C=O) groups excluding carboxylic acids is 1. The highest BCUT2D eigenvalue weighted by Crippen LogP contribution is 2.23. The molecule has 1 amide bonds. The van der Waals surface area contributed by atoms with Gasteiger partial charge < -0.3 is 19.0 Å². The molecule has 0 saturated heterocycles. The summed E-state index contributed by atoms with van der Waals surface area (Å²) in [6.45, 7) is 0.220. The minimum Gasteiger partial charge on any atom is -0.497 e. The van der Waals surface area contributed by atoms with Crippen LogP contribution >= 0.6 is 0 Å². The molecule has 8 nitrogen and oxygen atoms in total. The van der Waals surface area contributed by atoms with E-state index in [1.54, 1.807) is 31.5 Å². The predicted molar refractivity (Wildman–Crippen MR) is 111 cm³/mol. The summed E-state index contributed by atoms with van der Waals surface area (Å²) in [5, 5.41) is 3.03. The largest absolute Gasteiger partial charge is 0.497 e. The molecule has 0 aliphatic carbocycles. The van der Waals surface area contributed by atoms with Crippen molar-refractivity contribution in [1.82, 2.24) is 19.4 Å². The second-order valence-electron chi connectivity index (χ2n) is 6.91. The molecule has 1 atom stereocenters. The fraction of sp³-hybridized carbons (Fsp3) is 0.227. The standard InChI is InChI=1S/C22H22N4O4/c1-25-14-12-23-21(25)20(15-7-9-16(29-2)10-8-15)24-19(27)11-13-26-17-5-3-4-6-18(17)30-22(26)28/h3-10,12,14,20H,11,13H2,1-2H3,(H,24,27). The number of rotatable bonds is 7. The van der Waals surface area contributed by atoms with Crippen molar-refractivity contribution in [3.8, 4) is 5.75 Å². The van der Waals surface area contributed by atoms with Gasteiger partial charge in [0.1, 0.15) is 17.6 Å². The van der Waals surface area contributed by atoms with Crippen molar-refractivity contribution in [2.45, 2.75) is 19.0 Å². The van der Waals surface area contributed by atoms with Crippen LogP contribution < -0.4 is 15.8 Å². The van der Waals surface area contributed by atoms with Crippen LogP contribution in [0.15, 0.2) is 70.1 Å². The Bertz CT molecular complexity index is 1220. The number of nitrogens with one attached hydrogen (secondary N) is 1. The lowest BCUT2D eigenvalue weighted by atomic mass is 10.1. The molecule has 0 spiro atoms. The maximum Gasteiger partial charge on any atom is 0.419 e. The minimum absolute atomic E-state index is 0.126. The Labute approximate surface area is 172 Å². The number of hydrogen-bond donors (Lipinski definition) is 1. The smallest absolute Gasteiger partial charge is 0.419 e. The van der Waals surface area contributed by atoms with Gasteiger partial charge in [0.05, 0.1) is 12.6 Å². The van der Waals surface area contributed by atoms with Gasteiger partial charge in [-0.05, 0) is 29.8 Å². The number of para-hydroxylation sites is 2. The minimum atomic E-state index is -0.472. The van der Waals surface area contributed by atoms with Gasteiger partial charge in [-0.2, -0.15) is 0 Å². The van der Waals surface area contributed by atoms with Crippen molar-refractivity contribution in [2.24, 2.45) is 7.05 Å². The van der Waals surface area contributed by atoms with Gasteiger partial charge in [0.2, 0.25) is 5.91 Å². The summed E-state index contributed by atoms with van der Waals surface area (Å²) < 4.78 is 13.8. The summed E-state index contributed by atoms with van der Waals surface area (Å²) in [7, 11) is 3.48. The van der Waals surface area contributed by atoms with Crippen molar-refractivity contribution in [3.05, 3.63) is 82.9 Å². The zero-order chi connectivity index (χ0) is 21.1. The lowest BCUT2D eigenvalue weighted by Gasteiger charge is -2.19. The van der Waals surface area contributed by atoms with E-state index in [9.17, 15) is 9.59 Å². The highest BCUT2D eigenvalue weighted by molar-refractivity contribution is 5.77. The molecular formula is C22H22N4O4. The SMILES string of the molecule is COc1ccc(C(NC(=O)CCn2c(=O)oc3ccccc32)c2nccn2C)cc1. The number of nitrogens with zero attached hydrogens (tertiary/aromatic N) is 3. The average Bonchev–Trinajstić information content (AvgIpc) is 3.32. The summed E-state index contributed by atoms with van der Waals surface area (Å²) in [6.07, 6.45) is 3.64. The predicted octanol–water partition coefficient (Wildman–Crippen LogP) is 2.63. The zero-order valence-corrected chi connectivity index (χ0v) is 16.7. The Kier molecular flexibility index (Phi) is 5.38. The Morgan fingerprint density at radius 3 is 2.67 bits per heavy atom. The van der Waals surface area contributed by atoms with Crippen LogP contribution in [-0.4, -0.2) is 27.1 Å². The summed E-state index contributed by atoms with van der Waals surface area (Å²) in [4.78, 5) is 29.3. The third-order valence-corrected chi connectivity index (χ3v) is 5.01. The van der Waals surface area contributed by atoms with Crippen molar-refractivity contribution in [2.75, 3.05) is 7.11 Å². The first-order valence-electron chi connectivity index (χ1n) is 9.55. The molecule has 2 aromatic carbocycles. The van der Waals surface area contributed by atoms with Gasteiger partial charge in [0.15, 0.2) is 5.58 Å². The van der Waals surface area contributed by atoms with Gasteiger partial charge in [-0.15, -0.1) is 0 Å². The summed E-state index contributed by atoms with van der Waals surface area (Å²) in [6, 6.07) is 14.2. The Morgan fingerprint density at radius 2 is 1.97 bits per heavy atom. The van der Waals surface area contributed by atoms with Gasteiger partial charge in [-0.1, -0.05) is 24.3 Å². The van der Waals surface area contributed by atoms with Gasteiger partial charge in [0.25, 0.3) is 0 Å². The van der Waals surface area contributed by atoms with E-state index in [0.29, 0.717) is 16.9 Å². The monoisotopic (exact) mass is 406 g/mol. The molecule has 0 saturated carbocycles. The van der Waals surface area contributed by atoms with E-state index in [4.69, 9.17) is 9.15 Å². The van der Waals surface area contributed by atoms with Gasteiger partial charge in [-0.25, -0.2) is 9.78 Å². The topological polar surface area (TPSA) is 91.3 Å². The molecule has 1 N–H and O–H groups in total. The van der Waals surface area contributed by atoms with E-state index in [2.05, 4.69) is 10.3 Å². The number of ether oxygens (including phenoxy) is 1. The lowest BCUT2D eigenvalue weighted by molar-refractivity contribution is -0.121. The number of carbonyl (C=O) groups is 1. The molecule has 8 heteroatoms. The first kappa shape index (κ1) is 19.5. The molecule has 4 rings (SSSR count). The number of amides is 1. The van der Waals surface area contributed by atoms with E-state index >= 15 is 0 Å². The molecule has 2 aromatic heterocycles. The second kappa shape index (κ2) is 8.28. The van der Waals surface area contributed by atoms with Crippen LogP contribution in [0.5, 0.6) is 5.75 Å². The van der Waals surface area contributed by atoms with Crippen LogP contribution in [0, 0.1) is 0 Å². The molecule has 30 heavy (non-hydrogen) atoms. The fourth-order valence-corrected chi connectivity index (χ4v) is 3.42. The van der Waals surface area contributed by atoms with Gasteiger partial charge in [-0.3, -0.25) is 9.36 Å². The number of hydrogen-bond acceptors (Lipinski definition) is 5. The molecule has 0 aliphatic rings. The molecule has 0 aliphatic heterocycles. The van der Waals surface area contributed by atoms with Crippen molar-refractivity contribution in [3.63, 3.8) is 0 Å². The number of benzene rings is 2. The van der Waals surface area contributed by atoms with Crippen LogP contribution in [0.2, 0.25) is 0 Å². The van der Waals surface area contributed by atoms with Crippen LogP contribution in [0.25, 0.3) is 11.1 Å². The quantitative estimate of drug-likeness (QED) is 0.509. The molecule has 2 heterocycles. The molecule has 4 aromatic rings. The average molecular weight is 406 g/mol. The van der Waals surface area contributed by atoms with E-state index < -0.39 is 11.8 Å². The van der Waals surface area contributed by atoms with Crippen molar-refractivity contribution >= 4 is 17.0 Å². The Balaban J connectivity index is 1.53. The maximum absolute atomic E-state index is 12.8. The number of fused-ring (bicyclic) bond motifs is 1. The van der Waals surface area contributed by atoms with Gasteiger partial charge >= 0.3 is 5.76 Å². The third kappa shape index (κ3) is 3.84. The second-order valence-corrected chi connectivity index (χ2v) is 6.91. The summed E-state index contributed by atoms with van der Waals surface area (Å²) in [5.74, 6) is 0.769. The van der Waals surface area contributed by atoms with Crippen LogP contribution in [0.4, 0.5) is 0 Å². The fourth-order valence-electron chi connectivity index (χ4n) is 3.42. The molecular weight excluding hydrogens is 384 g/mol. The highest BCUT2D eigenvalue weighted by Gasteiger charge is 2.21. The first-order valence-corrected chi connectivity index (χ1v) is 9.55. The summed E-state index contributed by atoms with van der Waals surface area (Å²) in [5.41, 5.74) is 2.06. The molecule has 0 bridgehead atoms. The number of methoxy groups -OCH3 is 1. The van der Waals surface area contributed by atoms with E-state index in [0.717, 1.165) is 11.3 Å². The number of imidazole rings is 1. The number of aromatic nitrogens is 3. The van der Waals surface area contributed by atoms with Crippen molar-refractivity contribution in [1.29, 1.82) is 0 Å². The Hall–Kier alpha value is -3.81. The van der Waals surface area contributed by atoms with Crippen LogP contribution in [-0.2, 0) is 18.4 Å². The molecule has 0 fully saturated rings. The first-order chi connectivity index (χ1) is 14.6.